The zero-order valence-corrected chi connectivity index (χ0v) is 17.0. The zero-order chi connectivity index (χ0) is 20.2. The molecule has 0 aromatic carbocycles. The van der Waals surface area contributed by atoms with Crippen molar-refractivity contribution in [1.29, 1.82) is 0 Å². The first kappa shape index (κ1) is 19.8. The van der Waals surface area contributed by atoms with Crippen molar-refractivity contribution in [3.05, 3.63) is 29.6 Å². The number of nitrogens with zero attached hydrogens (tertiary/aromatic N) is 6. The summed E-state index contributed by atoms with van der Waals surface area (Å²) in [6.07, 6.45) is 7.80. The van der Waals surface area contributed by atoms with Crippen LogP contribution < -0.4 is 16.0 Å². The fraction of sp³-hybridized carbons (Fsp3) is 0.550. The summed E-state index contributed by atoms with van der Waals surface area (Å²) in [7, 11) is 0. The van der Waals surface area contributed by atoms with Crippen LogP contribution in [0.1, 0.15) is 24.6 Å². The van der Waals surface area contributed by atoms with Crippen LogP contribution >= 0.6 is 0 Å². The van der Waals surface area contributed by atoms with Gasteiger partial charge in [0.2, 0.25) is 0 Å². The van der Waals surface area contributed by atoms with Crippen LogP contribution in [0.25, 0.3) is 12.0 Å². The van der Waals surface area contributed by atoms with Crippen LogP contribution in [0.2, 0.25) is 0 Å². The Morgan fingerprint density at radius 1 is 1.28 bits per heavy atom. The molecule has 0 saturated carbocycles. The minimum Gasteiger partial charge on any atom is -0.389 e. The first-order chi connectivity index (χ1) is 14.1. The third-order valence-corrected chi connectivity index (χ3v) is 5.35. The van der Waals surface area contributed by atoms with Crippen molar-refractivity contribution in [2.75, 3.05) is 56.4 Å². The highest BCUT2D eigenvalue weighted by Crippen LogP contribution is 2.23. The van der Waals surface area contributed by atoms with Gasteiger partial charge in [0.05, 0.1) is 18.0 Å². The summed E-state index contributed by atoms with van der Waals surface area (Å²) in [5.74, 6) is 1.61. The number of aliphatic hydroxyl groups is 1. The average Bonchev–Trinajstić information content (AvgIpc) is 3.09. The second-order valence-corrected chi connectivity index (χ2v) is 7.67. The van der Waals surface area contributed by atoms with Gasteiger partial charge in [0.1, 0.15) is 11.6 Å². The molecule has 0 spiro atoms. The molecule has 156 valence electrons. The molecule has 2 aliphatic rings. The molecular weight excluding hydrogens is 368 g/mol. The van der Waals surface area contributed by atoms with Crippen molar-refractivity contribution in [2.45, 2.75) is 25.9 Å². The summed E-state index contributed by atoms with van der Waals surface area (Å²) >= 11 is 0. The van der Waals surface area contributed by atoms with Crippen molar-refractivity contribution >= 4 is 17.7 Å². The maximum absolute atomic E-state index is 9.58. The summed E-state index contributed by atoms with van der Waals surface area (Å²) in [6.45, 7) is 8.49. The molecule has 2 aromatic rings. The molecule has 0 unspecified atom stereocenters. The van der Waals surface area contributed by atoms with Crippen molar-refractivity contribution in [1.82, 2.24) is 30.0 Å². The Morgan fingerprint density at radius 3 is 2.79 bits per heavy atom. The van der Waals surface area contributed by atoms with E-state index >= 15 is 0 Å². The van der Waals surface area contributed by atoms with Gasteiger partial charge < -0.3 is 21.1 Å². The van der Waals surface area contributed by atoms with Crippen molar-refractivity contribution < 1.29 is 5.11 Å². The van der Waals surface area contributed by atoms with Crippen LogP contribution in [0.4, 0.5) is 11.6 Å². The number of aromatic nitrogens is 4. The minimum atomic E-state index is -0.303. The molecule has 0 amide bonds. The molecule has 2 saturated heterocycles. The van der Waals surface area contributed by atoms with Crippen LogP contribution in [0.15, 0.2) is 18.3 Å². The molecule has 2 aliphatic heterocycles. The summed E-state index contributed by atoms with van der Waals surface area (Å²) in [5, 5.41) is 17.5. The highest BCUT2D eigenvalue weighted by molar-refractivity contribution is 5.54. The highest BCUT2D eigenvalue weighted by Gasteiger charge is 2.26. The quantitative estimate of drug-likeness (QED) is 0.611. The number of nitrogen functional groups attached to an aromatic ring is 1. The number of hydrogen-bond acceptors (Lipinski definition) is 8. The number of hydrogen-bond donors (Lipinski definition) is 3. The Balaban J connectivity index is 1.56. The molecule has 0 radical (unpaired) electrons. The second-order valence-electron chi connectivity index (χ2n) is 7.67. The number of anilines is 2. The average molecular weight is 399 g/mol. The maximum Gasteiger partial charge on any atom is 0.254 e. The third-order valence-electron chi connectivity index (χ3n) is 5.35. The molecule has 9 nitrogen and oxygen atoms in total. The van der Waals surface area contributed by atoms with E-state index in [0.717, 1.165) is 62.6 Å². The molecule has 4 heterocycles. The lowest BCUT2D eigenvalue weighted by Gasteiger charge is -2.36. The summed E-state index contributed by atoms with van der Waals surface area (Å²) in [6, 6.07) is 1.74. The van der Waals surface area contributed by atoms with Gasteiger partial charge in [0.15, 0.2) is 0 Å². The van der Waals surface area contributed by atoms with E-state index in [9.17, 15) is 5.11 Å². The van der Waals surface area contributed by atoms with Gasteiger partial charge in [-0.15, -0.1) is 0 Å². The lowest BCUT2D eigenvalue weighted by molar-refractivity contribution is 0.141. The van der Waals surface area contributed by atoms with Crippen LogP contribution in [0, 0.1) is 0 Å². The first-order valence-electron chi connectivity index (χ1n) is 10.4. The molecule has 0 aliphatic carbocycles. The highest BCUT2D eigenvalue weighted by atomic mass is 16.3. The number of rotatable bonds is 7. The second kappa shape index (κ2) is 8.89. The van der Waals surface area contributed by atoms with Gasteiger partial charge in [-0.2, -0.15) is 15.1 Å². The Labute approximate surface area is 171 Å². The standard InChI is InChI=1S/C20H30N8O/c1-2-4-17-15(5-3-8-26-9-6-22-7-10-26)12-23-28(17)20-24-18(21)11-19(25-20)27-13-16(29)14-27/h3,5,11-12,16,22,29H,2,4,6-10,13-14H2,1H3,(H2,21,24,25)/b5-3+. The Hall–Kier alpha value is -2.49. The van der Waals surface area contributed by atoms with Crippen LogP contribution in [-0.2, 0) is 6.42 Å². The SMILES string of the molecule is CCCc1c(/C=C/CN2CCNCC2)cnn1-c1nc(N)cc(N2CC(O)C2)n1. The van der Waals surface area contributed by atoms with Crippen molar-refractivity contribution in [3.63, 3.8) is 0 Å². The monoisotopic (exact) mass is 398 g/mol. The molecule has 2 fully saturated rings. The van der Waals surface area contributed by atoms with Gasteiger partial charge in [-0.1, -0.05) is 25.5 Å². The number of piperazine rings is 1. The third kappa shape index (κ3) is 4.58. The van der Waals surface area contributed by atoms with E-state index in [2.05, 4.69) is 44.4 Å². The van der Waals surface area contributed by atoms with Gasteiger partial charge in [0, 0.05) is 57.4 Å². The van der Waals surface area contributed by atoms with E-state index in [-0.39, 0.29) is 6.10 Å². The van der Waals surface area contributed by atoms with Gasteiger partial charge >= 0.3 is 0 Å². The zero-order valence-electron chi connectivity index (χ0n) is 17.0. The summed E-state index contributed by atoms with van der Waals surface area (Å²) in [5.41, 5.74) is 8.21. The lowest BCUT2D eigenvalue weighted by atomic mass is 10.1. The number of β-amino-alcohol motifs (C(OH)–C–C–N with tert-alkyl or cyclic N) is 1. The normalized spacial score (nSPS) is 18.5. The smallest absolute Gasteiger partial charge is 0.254 e. The van der Waals surface area contributed by atoms with Gasteiger partial charge in [-0.05, 0) is 6.42 Å². The number of nitrogens with one attached hydrogen (secondary N) is 1. The molecule has 0 bridgehead atoms. The van der Waals surface area contributed by atoms with E-state index in [1.165, 1.54) is 0 Å². The van der Waals surface area contributed by atoms with Crippen LogP contribution in [0.5, 0.6) is 0 Å². The predicted molar refractivity (Wildman–Crippen MR) is 114 cm³/mol. The lowest BCUT2D eigenvalue weighted by Crippen LogP contribution is -2.51. The molecule has 2 aromatic heterocycles. The minimum absolute atomic E-state index is 0.303. The van der Waals surface area contributed by atoms with E-state index in [4.69, 9.17) is 5.73 Å². The number of aliphatic hydroxyl groups excluding tert-OH is 1. The summed E-state index contributed by atoms with van der Waals surface area (Å²) < 4.78 is 1.80. The fourth-order valence-electron chi connectivity index (χ4n) is 3.75. The van der Waals surface area contributed by atoms with E-state index in [1.807, 2.05) is 11.1 Å². The Kier molecular flexibility index (Phi) is 6.08. The number of nitrogens with two attached hydrogens (primary N) is 1. The van der Waals surface area contributed by atoms with Crippen LogP contribution in [-0.4, -0.2) is 81.7 Å². The molecule has 4 N–H and O–H groups in total. The van der Waals surface area contributed by atoms with E-state index < -0.39 is 0 Å². The largest absolute Gasteiger partial charge is 0.389 e. The van der Waals surface area contributed by atoms with E-state index in [1.54, 1.807) is 10.7 Å². The maximum atomic E-state index is 9.58. The van der Waals surface area contributed by atoms with Gasteiger partial charge in [-0.3, -0.25) is 4.90 Å². The Bertz CT molecular complexity index is 852. The summed E-state index contributed by atoms with van der Waals surface area (Å²) in [4.78, 5) is 13.5. The fourth-order valence-corrected chi connectivity index (χ4v) is 3.75. The molecular formula is C20H30N8O. The molecule has 9 heteroatoms. The first-order valence-corrected chi connectivity index (χ1v) is 10.4. The molecule has 29 heavy (non-hydrogen) atoms. The van der Waals surface area contributed by atoms with Gasteiger partial charge in [-0.25, -0.2) is 4.68 Å². The van der Waals surface area contributed by atoms with Crippen molar-refractivity contribution in [3.8, 4) is 5.95 Å². The van der Waals surface area contributed by atoms with Crippen molar-refractivity contribution in [2.24, 2.45) is 0 Å². The predicted octanol–water partition coefficient (Wildman–Crippen LogP) is 0.296. The van der Waals surface area contributed by atoms with Gasteiger partial charge in [0.25, 0.3) is 5.95 Å². The topological polar surface area (TPSA) is 108 Å². The molecule has 0 atom stereocenters. The van der Waals surface area contributed by atoms with E-state index in [0.29, 0.717) is 24.9 Å². The van der Waals surface area contributed by atoms with Crippen LogP contribution in [0.3, 0.4) is 0 Å². The molecule has 4 rings (SSSR count). The Morgan fingerprint density at radius 2 is 2.07 bits per heavy atom.